The summed E-state index contributed by atoms with van der Waals surface area (Å²) in [5, 5.41) is 1.28. The van der Waals surface area contributed by atoms with Crippen molar-refractivity contribution in [1.82, 2.24) is 9.97 Å². The molecule has 2 unspecified atom stereocenters. The van der Waals surface area contributed by atoms with E-state index in [1.54, 1.807) is 18.5 Å². The van der Waals surface area contributed by atoms with Crippen LogP contribution in [0.15, 0.2) is 18.5 Å². The molecule has 0 bridgehead atoms. The van der Waals surface area contributed by atoms with Gasteiger partial charge in [-0.2, -0.15) is 0 Å². The fraction of sp³-hybridized carbons (Fsp3) is 0.429. The topological polar surface area (TPSA) is 55.0 Å². The Labute approximate surface area is 116 Å². The molecule has 5 heteroatoms. The predicted octanol–water partition coefficient (Wildman–Crippen LogP) is 3.21. The van der Waals surface area contributed by atoms with Gasteiger partial charge in [-0.3, -0.25) is 4.79 Å². The number of H-pyrrole nitrogens is 1. The maximum absolute atomic E-state index is 12.7. The zero-order chi connectivity index (χ0) is 13.4. The Kier molecular flexibility index (Phi) is 3.29. The van der Waals surface area contributed by atoms with Gasteiger partial charge in [-0.25, -0.2) is 4.98 Å². The smallest absolute Gasteiger partial charge is 0.170 e. The molecule has 2 aromatic rings. The van der Waals surface area contributed by atoms with Gasteiger partial charge in [0.1, 0.15) is 5.65 Å². The molecule has 100 valence electrons. The minimum atomic E-state index is -0.0692. The van der Waals surface area contributed by atoms with Gasteiger partial charge in [0.2, 0.25) is 0 Å². The fourth-order valence-electron chi connectivity index (χ4n) is 2.76. The highest BCUT2D eigenvalue weighted by molar-refractivity contribution is 6.36. The van der Waals surface area contributed by atoms with Crippen molar-refractivity contribution in [3.8, 4) is 0 Å². The third kappa shape index (κ3) is 2.05. The van der Waals surface area contributed by atoms with Crippen molar-refractivity contribution < 1.29 is 9.53 Å². The van der Waals surface area contributed by atoms with E-state index in [-0.39, 0.29) is 17.8 Å². The van der Waals surface area contributed by atoms with Crippen molar-refractivity contribution in [3.63, 3.8) is 0 Å². The summed E-state index contributed by atoms with van der Waals surface area (Å²) < 4.78 is 5.60. The number of halogens is 1. The van der Waals surface area contributed by atoms with Gasteiger partial charge in [0.05, 0.1) is 17.0 Å². The molecule has 0 radical (unpaired) electrons. The number of ketones is 1. The summed E-state index contributed by atoms with van der Waals surface area (Å²) in [5.41, 5.74) is 1.28. The van der Waals surface area contributed by atoms with Crippen molar-refractivity contribution in [1.29, 1.82) is 0 Å². The highest BCUT2D eigenvalue weighted by Gasteiger charge is 2.34. The molecule has 19 heavy (non-hydrogen) atoms. The second-order valence-electron chi connectivity index (χ2n) is 4.80. The zero-order valence-corrected chi connectivity index (χ0v) is 11.4. The van der Waals surface area contributed by atoms with Gasteiger partial charge in [-0.15, -0.1) is 0 Å². The molecule has 1 N–H and O–H groups in total. The molecule has 3 rings (SSSR count). The molecule has 0 spiro atoms. The number of nitrogens with one attached hydrogen (secondary N) is 1. The molecule has 2 aromatic heterocycles. The van der Waals surface area contributed by atoms with Gasteiger partial charge in [-0.05, 0) is 18.9 Å². The van der Waals surface area contributed by atoms with Crippen LogP contribution in [-0.4, -0.2) is 28.5 Å². The van der Waals surface area contributed by atoms with Gasteiger partial charge in [-0.1, -0.05) is 18.5 Å². The SMILES string of the molecule is CCC1OCCC1C(=O)c1c[nH]c2nccc(Cl)c12. The lowest BCUT2D eigenvalue weighted by Crippen LogP contribution is -2.23. The van der Waals surface area contributed by atoms with Crippen molar-refractivity contribution in [2.45, 2.75) is 25.9 Å². The standard InChI is InChI=1S/C14H15ClN2O2/c1-2-11-8(4-6-19-11)13(18)9-7-17-14-12(9)10(15)3-5-16-14/h3,5,7-8,11H,2,4,6H2,1H3,(H,16,17). The number of rotatable bonds is 3. The van der Waals surface area contributed by atoms with Crippen molar-refractivity contribution in [3.05, 3.63) is 29.0 Å². The number of pyridine rings is 1. The summed E-state index contributed by atoms with van der Waals surface area (Å²) in [6.45, 7) is 2.70. The highest BCUT2D eigenvalue weighted by Crippen LogP contribution is 2.31. The monoisotopic (exact) mass is 278 g/mol. The van der Waals surface area contributed by atoms with Crippen LogP contribution in [0, 0.1) is 5.92 Å². The van der Waals surface area contributed by atoms with E-state index in [4.69, 9.17) is 16.3 Å². The number of aromatic nitrogens is 2. The number of hydrogen-bond acceptors (Lipinski definition) is 3. The van der Waals surface area contributed by atoms with Crippen LogP contribution in [0.1, 0.15) is 30.1 Å². The molecule has 0 aromatic carbocycles. The molecular weight excluding hydrogens is 264 g/mol. The summed E-state index contributed by atoms with van der Waals surface area (Å²) in [6.07, 6.45) is 4.99. The van der Waals surface area contributed by atoms with Crippen LogP contribution in [0.5, 0.6) is 0 Å². The Bertz CT molecular complexity index is 623. The average Bonchev–Trinajstić information content (AvgIpc) is 3.05. The number of ether oxygens (including phenoxy) is 1. The summed E-state index contributed by atoms with van der Waals surface area (Å²) in [5.74, 6) is 0.0331. The quantitative estimate of drug-likeness (QED) is 0.877. The highest BCUT2D eigenvalue weighted by atomic mass is 35.5. The molecule has 0 saturated carbocycles. The van der Waals surface area contributed by atoms with E-state index in [1.165, 1.54) is 0 Å². The largest absolute Gasteiger partial charge is 0.377 e. The number of nitrogens with zero attached hydrogens (tertiary/aromatic N) is 1. The van der Waals surface area contributed by atoms with Crippen LogP contribution in [0.2, 0.25) is 5.02 Å². The third-order valence-corrected chi connectivity index (χ3v) is 4.05. The van der Waals surface area contributed by atoms with Crippen molar-refractivity contribution >= 4 is 28.4 Å². The van der Waals surface area contributed by atoms with E-state index < -0.39 is 0 Å². The normalized spacial score (nSPS) is 23.1. The van der Waals surface area contributed by atoms with Crippen LogP contribution >= 0.6 is 11.6 Å². The van der Waals surface area contributed by atoms with Crippen LogP contribution in [0.3, 0.4) is 0 Å². The molecule has 1 fully saturated rings. The van der Waals surface area contributed by atoms with Crippen molar-refractivity contribution in [2.75, 3.05) is 6.61 Å². The molecule has 1 aliphatic rings. The third-order valence-electron chi connectivity index (χ3n) is 3.74. The first kappa shape index (κ1) is 12.6. The van der Waals surface area contributed by atoms with E-state index in [0.29, 0.717) is 22.8 Å². The first-order valence-corrected chi connectivity index (χ1v) is 6.87. The molecule has 3 heterocycles. The lowest BCUT2D eigenvalue weighted by atomic mass is 9.90. The average molecular weight is 279 g/mol. The molecular formula is C14H15ClN2O2. The van der Waals surface area contributed by atoms with Gasteiger partial charge in [0.25, 0.3) is 0 Å². The van der Waals surface area contributed by atoms with Crippen LogP contribution < -0.4 is 0 Å². The van der Waals surface area contributed by atoms with E-state index in [0.717, 1.165) is 18.2 Å². The van der Waals surface area contributed by atoms with Gasteiger partial charge in [0.15, 0.2) is 5.78 Å². The lowest BCUT2D eigenvalue weighted by molar-refractivity contribution is 0.0690. The minimum Gasteiger partial charge on any atom is -0.377 e. The van der Waals surface area contributed by atoms with E-state index in [9.17, 15) is 4.79 Å². The summed E-state index contributed by atoms with van der Waals surface area (Å²) >= 11 is 6.18. The Morgan fingerprint density at radius 1 is 1.63 bits per heavy atom. The maximum Gasteiger partial charge on any atom is 0.170 e. The lowest BCUT2D eigenvalue weighted by Gasteiger charge is -2.15. The molecule has 2 atom stereocenters. The Morgan fingerprint density at radius 3 is 3.26 bits per heavy atom. The van der Waals surface area contributed by atoms with Gasteiger partial charge in [0, 0.05) is 30.0 Å². The minimum absolute atomic E-state index is 0.0212. The number of hydrogen-bond donors (Lipinski definition) is 1. The Balaban J connectivity index is 2.02. The Hall–Kier alpha value is -1.39. The first-order chi connectivity index (χ1) is 9.22. The molecule has 0 amide bonds. The predicted molar refractivity (Wildman–Crippen MR) is 73.6 cm³/mol. The fourth-order valence-corrected chi connectivity index (χ4v) is 3.01. The molecule has 1 saturated heterocycles. The van der Waals surface area contributed by atoms with Gasteiger partial charge >= 0.3 is 0 Å². The van der Waals surface area contributed by atoms with E-state index in [2.05, 4.69) is 9.97 Å². The maximum atomic E-state index is 12.7. The van der Waals surface area contributed by atoms with Crippen molar-refractivity contribution in [2.24, 2.45) is 5.92 Å². The summed E-state index contributed by atoms with van der Waals surface area (Å²) in [7, 11) is 0. The number of aromatic amines is 1. The van der Waals surface area contributed by atoms with Crippen LogP contribution in [0.25, 0.3) is 11.0 Å². The zero-order valence-electron chi connectivity index (χ0n) is 10.6. The number of Topliss-reactive ketones (excluding diaryl/α,β-unsaturated/α-hetero) is 1. The van der Waals surface area contributed by atoms with Crippen LogP contribution in [-0.2, 0) is 4.74 Å². The second kappa shape index (κ2) is 4.94. The second-order valence-corrected chi connectivity index (χ2v) is 5.20. The number of carbonyl (C=O) groups is 1. The number of fused-ring (bicyclic) bond motifs is 1. The van der Waals surface area contributed by atoms with Crippen LogP contribution in [0.4, 0.5) is 0 Å². The van der Waals surface area contributed by atoms with Gasteiger partial charge < -0.3 is 9.72 Å². The molecule has 4 nitrogen and oxygen atoms in total. The summed E-state index contributed by atoms with van der Waals surface area (Å²) in [6, 6.07) is 1.71. The number of carbonyl (C=O) groups excluding carboxylic acids is 1. The first-order valence-electron chi connectivity index (χ1n) is 6.49. The van der Waals surface area contributed by atoms with E-state index in [1.807, 2.05) is 6.92 Å². The summed E-state index contributed by atoms with van der Waals surface area (Å²) in [4.78, 5) is 19.9. The Morgan fingerprint density at radius 2 is 2.47 bits per heavy atom. The molecule has 0 aliphatic carbocycles. The van der Waals surface area contributed by atoms with E-state index >= 15 is 0 Å². The molecule has 1 aliphatic heterocycles.